The molecule has 1 rings (SSSR count). The normalized spacial score (nSPS) is 13.0. The minimum atomic E-state index is 0.268. The molecule has 0 aliphatic rings. The first kappa shape index (κ1) is 12.1. The van der Waals surface area contributed by atoms with Gasteiger partial charge in [0.05, 0.1) is 6.54 Å². The number of hydrogen-bond acceptors (Lipinski definition) is 4. The Morgan fingerprint density at radius 2 is 2.40 bits per heavy atom. The second kappa shape index (κ2) is 6.53. The summed E-state index contributed by atoms with van der Waals surface area (Å²) in [4.78, 5) is 4.12. The highest BCUT2D eigenvalue weighted by molar-refractivity contribution is 4.82. The molecular formula is C10H20N4O. The molecule has 5 heteroatoms. The Morgan fingerprint density at radius 3 is 2.93 bits per heavy atom. The molecule has 0 saturated heterocycles. The van der Waals surface area contributed by atoms with Crippen molar-refractivity contribution in [3.05, 3.63) is 12.2 Å². The zero-order chi connectivity index (χ0) is 11.1. The van der Waals surface area contributed by atoms with Gasteiger partial charge in [0.15, 0.2) is 0 Å². The Kier molecular flexibility index (Phi) is 5.28. The Hall–Kier alpha value is -0.940. The van der Waals surface area contributed by atoms with Gasteiger partial charge in [-0.15, -0.1) is 0 Å². The van der Waals surface area contributed by atoms with E-state index in [4.69, 9.17) is 5.11 Å². The van der Waals surface area contributed by atoms with Gasteiger partial charge in [-0.2, -0.15) is 5.10 Å². The molecule has 0 amide bonds. The van der Waals surface area contributed by atoms with E-state index in [1.807, 2.05) is 7.05 Å². The summed E-state index contributed by atoms with van der Waals surface area (Å²) in [5.74, 6) is 1.48. The molecule has 0 aliphatic heterocycles. The average molecular weight is 212 g/mol. The first-order chi connectivity index (χ1) is 7.27. The van der Waals surface area contributed by atoms with Crippen molar-refractivity contribution in [1.82, 2.24) is 20.1 Å². The number of aryl methyl sites for hydroxylation is 1. The summed E-state index contributed by atoms with van der Waals surface area (Å²) in [6.07, 6.45) is 3.51. The Balaban J connectivity index is 2.23. The molecule has 1 unspecified atom stereocenters. The van der Waals surface area contributed by atoms with E-state index in [2.05, 4.69) is 22.3 Å². The SMILES string of the molecule is CCC(CCO)CNCc1ncnn1C. The predicted molar refractivity (Wildman–Crippen MR) is 58.2 cm³/mol. The third-order valence-corrected chi connectivity index (χ3v) is 2.64. The fraction of sp³-hybridized carbons (Fsp3) is 0.800. The number of aliphatic hydroxyl groups is 1. The van der Waals surface area contributed by atoms with Gasteiger partial charge in [-0.3, -0.25) is 4.68 Å². The van der Waals surface area contributed by atoms with Crippen LogP contribution in [0.2, 0.25) is 0 Å². The summed E-state index contributed by atoms with van der Waals surface area (Å²) in [6, 6.07) is 0. The van der Waals surface area contributed by atoms with Crippen molar-refractivity contribution >= 4 is 0 Å². The summed E-state index contributed by atoms with van der Waals surface area (Å²) in [5, 5.41) is 16.2. The van der Waals surface area contributed by atoms with Gasteiger partial charge in [0.2, 0.25) is 0 Å². The topological polar surface area (TPSA) is 63.0 Å². The maximum absolute atomic E-state index is 8.84. The van der Waals surface area contributed by atoms with Gasteiger partial charge < -0.3 is 10.4 Å². The Labute approximate surface area is 90.5 Å². The maximum Gasteiger partial charge on any atom is 0.140 e. The minimum Gasteiger partial charge on any atom is -0.396 e. The predicted octanol–water partition coefficient (Wildman–Crippen LogP) is 0.313. The van der Waals surface area contributed by atoms with E-state index in [0.717, 1.165) is 31.8 Å². The van der Waals surface area contributed by atoms with Crippen LogP contribution in [-0.2, 0) is 13.6 Å². The van der Waals surface area contributed by atoms with E-state index in [1.54, 1.807) is 11.0 Å². The summed E-state index contributed by atoms with van der Waals surface area (Å²) in [7, 11) is 1.88. The van der Waals surface area contributed by atoms with E-state index < -0.39 is 0 Å². The lowest BCUT2D eigenvalue weighted by molar-refractivity contribution is 0.251. The number of nitrogens with one attached hydrogen (secondary N) is 1. The summed E-state index contributed by atoms with van der Waals surface area (Å²) in [6.45, 7) is 4.07. The molecule has 86 valence electrons. The molecule has 0 saturated carbocycles. The molecular weight excluding hydrogens is 192 g/mol. The molecule has 1 aromatic heterocycles. The average Bonchev–Trinajstić information content (AvgIpc) is 2.63. The highest BCUT2D eigenvalue weighted by atomic mass is 16.3. The molecule has 0 aromatic carbocycles. The van der Waals surface area contributed by atoms with E-state index in [0.29, 0.717) is 5.92 Å². The van der Waals surface area contributed by atoms with Crippen LogP contribution in [0.1, 0.15) is 25.6 Å². The highest BCUT2D eigenvalue weighted by Crippen LogP contribution is 2.05. The quantitative estimate of drug-likeness (QED) is 0.683. The van der Waals surface area contributed by atoms with E-state index >= 15 is 0 Å². The second-order valence-corrected chi connectivity index (χ2v) is 3.72. The fourth-order valence-electron chi connectivity index (χ4n) is 1.50. The third kappa shape index (κ3) is 3.97. The molecule has 0 spiro atoms. The minimum absolute atomic E-state index is 0.268. The first-order valence-corrected chi connectivity index (χ1v) is 5.42. The maximum atomic E-state index is 8.84. The molecule has 2 N–H and O–H groups in total. The van der Waals surface area contributed by atoms with Crippen molar-refractivity contribution in [3.63, 3.8) is 0 Å². The lowest BCUT2D eigenvalue weighted by Crippen LogP contribution is -2.24. The lowest BCUT2D eigenvalue weighted by atomic mass is 10.0. The lowest BCUT2D eigenvalue weighted by Gasteiger charge is -2.13. The molecule has 0 fully saturated rings. The molecule has 0 aliphatic carbocycles. The van der Waals surface area contributed by atoms with Gasteiger partial charge in [0.1, 0.15) is 12.2 Å². The van der Waals surface area contributed by atoms with E-state index in [-0.39, 0.29) is 6.61 Å². The van der Waals surface area contributed by atoms with Gasteiger partial charge in [0.25, 0.3) is 0 Å². The van der Waals surface area contributed by atoms with Crippen molar-refractivity contribution in [2.45, 2.75) is 26.3 Å². The van der Waals surface area contributed by atoms with Crippen molar-refractivity contribution in [2.75, 3.05) is 13.2 Å². The van der Waals surface area contributed by atoms with Crippen LogP contribution in [-0.4, -0.2) is 33.0 Å². The van der Waals surface area contributed by atoms with E-state index in [1.165, 1.54) is 0 Å². The smallest absolute Gasteiger partial charge is 0.140 e. The third-order valence-electron chi connectivity index (χ3n) is 2.64. The molecule has 1 atom stereocenters. The van der Waals surface area contributed by atoms with Crippen molar-refractivity contribution in [1.29, 1.82) is 0 Å². The van der Waals surface area contributed by atoms with Gasteiger partial charge in [0, 0.05) is 13.7 Å². The zero-order valence-corrected chi connectivity index (χ0v) is 9.48. The number of nitrogens with zero attached hydrogens (tertiary/aromatic N) is 3. The largest absolute Gasteiger partial charge is 0.396 e. The van der Waals surface area contributed by atoms with Gasteiger partial charge in [-0.1, -0.05) is 13.3 Å². The van der Waals surface area contributed by atoms with Gasteiger partial charge >= 0.3 is 0 Å². The first-order valence-electron chi connectivity index (χ1n) is 5.42. The number of hydrogen-bond donors (Lipinski definition) is 2. The fourth-order valence-corrected chi connectivity index (χ4v) is 1.50. The Bertz CT molecular complexity index is 274. The van der Waals surface area contributed by atoms with Crippen LogP contribution in [0.5, 0.6) is 0 Å². The molecule has 0 bridgehead atoms. The van der Waals surface area contributed by atoms with Gasteiger partial charge in [-0.05, 0) is 18.9 Å². The molecule has 5 nitrogen and oxygen atoms in total. The van der Waals surface area contributed by atoms with Crippen LogP contribution in [0.15, 0.2) is 6.33 Å². The van der Waals surface area contributed by atoms with Crippen LogP contribution >= 0.6 is 0 Å². The van der Waals surface area contributed by atoms with Crippen LogP contribution in [0.4, 0.5) is 0 Å². The van der Waals surface area contributed by atoms with Crippen molar-refractivity contribution in [2.24, 2.45) is 13.0 Å². The molecule has 15 heavy (non-hydrogen) atoms. The summed E-state index contributed by atoms with van der Waals surface area (Å²) >= 11 is 0. The second-order valence-electron chi connectivity index (χ2n) is 3.72. The molecule has 1 heterocycles. The molecule has 0 radical (unpaired) electrons. The summed E-state index contributed by atoms with van der Waals surface area (Å²) < 4.78 is 1.76. The number of aromatic nitrogens is 3. The molecule has 1 aromatic rings. The monoisotopic (exact) mass is 212 g/mol. The van der Waals surface area contributed by atoms with E-state index in [9.17, 15) is 0 Å². The van der Waals surface area contributed by atoms with Crippen LogP contribution in [0.25, 0.3) is 0 Å². The highest BCUT2D eigenvalue weighted by Gasteiger charge is 2.06. The Morgan fingerprint density at radius 1 is 1.60 bits per heavy atom. The van der Waals surface area contributed by atoms with Crippen LogP contribution in [0, 0.1) is 5.92 Å². The standard InChI is InChI=1S/C10H20N4O/c1-3-9(4-5-15)6-11-7-10-12-8-13-14(10)2/h8-9,11,15H,3-7H2,1-2H3. The zero-order valence-electron chi connectivity index (χ0n) is 9.48. The number of aliphatic hydroxyl groups excluding tert-OH is 1. The van der Waals surface area contributed by atoms with Gasteiger partial charge in [-0.25, -0.2) is 4.98 Å². The summed E-state index contributed by atoms with van der Waals surface area (Å²) in [5.41, 5.74) is 0. The van der Waals surface area contributed by atoms with Crippen molar-refractivity contribution in [3.8, 4) is 0 Å². The van der Waals surface area contributed by atoms with Crippen LogP contribution in [0.3, 0.4) is 0 Å². The van der Waals surface area contributed by atoms with Crippen molar-refractivity contribution < 1.29 is 5.11 Å². The number of rotatable bonds is 7. The van der Waals surface area contributed by atoms with Crippen LogP contribution < -0.4 is 5.32 Å².